The molecule has 4 nitrogen and oxygen atoms in total. The molecule has 1 unspecified atom stereocenters. The van der Waals surface area contributed by atoms with Gasteiger partial charge < -0.3 is 14.4 Å². The van der Waals surface area contributed by atoms with Gasteiger partial charge in [0.15, 0.2) is 5.75 Å². The van der Waals surface area contributed by atoms with Gasteiger partial charge in [-0.25, -0.2) is 4.79 Å². The number of benzene rings is 1. The third kappa shape index (κ3) is 3.17. The van der Waals surface area contributed by atoms with Gasteiger partial charge >= 0.3 is 12.3 Å². The van der Waals surface area contributed by atoms with Gasteiger partial charge in [-0.1, -0.05) is 15.9 Å². The summed E-state index contributed by atoms with van der Waals surface area (Å²) in [4.78, 5) is 13.0. The van der Waals surface area contributed by atoms with Gasteiger partial charge in [-0.05, 0) is 24.6 Å². The lowest BCUT2D eigenvalue weighted by Gasteiger charge is -2.41. The first-order valence-electron chi connectivity index (χ1n) is 5.71. The van der Waals surface area contributed by atoms with Crippen LogP contribution in [0.25, 0.3) is 0 Å². The molecule has 0 aromatic heterocycles. The second-order valence-electron chi connectivity index (χ2n) is 4.18. The number of hydrogen-bond acceptors (Lipinski definition) is 4. The lowest BCUT2D eigenvalue weighted by atomic mass is 10.0. The minimum absolute atomic E-state index is 0.215. The molecule has 0 spiro atoms. The Morgan fingerprint density at radius 3 is 2.65 bits per heavy atom. The van der Waals surface area contributed by atoms with Crippen molar-refractivity contribution in [2.45, 2.75) is 18.8 Å². The average Bonchev–Trinajstić information content (AvgIpc) is 2.28. The van der Waals surface area contributed by atoms with Crippen LogP contribution in [0.3, 0.4) is 0 Å². The van der Waals surface area contributed by atoms with Crippen LogP contribution < -0.4 is 9.64 Å². The molecule has 0 amide bonds. The smallest absolute Gasteiger partial charge is 0.467 e. The van der Waals surface area contributed by atoms with Crippen molar-refractivity contribution < 1.29 is 27.4 Å². The number of alkyl halides is 3. The number of esters is 1. The van der Waals surface area contributed by atoms with Gasteiger partial charge in [-0.3, -0.25) is 0 Å². The first kappa shape index (κ1) is 15.0. The van der Waals surface area contributed by atoms with E-state index in [4.69, 9.17) is 0 Å². The van der Waals surface area contributed by atoms with Crippen LogP contribution in [-0.4, -0.2) is 32.0 Å². The predicted molar refractivity (Wildman–Crippen MR) is 68.6 cm³/mol. The van der Waals surface area contributed by atoms with Crippen molar-refractivity contribution >= 4 is 27.6 Å². The van der Waals surface area contributed by atoms with Gasteiger partial charge in [0.2, 0.25) is 0 Å². The van der Waals surface area contributed by atoms with Crippen LogP contribution in [0.2, 0.25) is 0 Å². The summed E-state index contributed by atoms with van der Waals surface area (Å²) in [5, 5.41) is 0. The lowest BCUT2D eigenvalue weighted by molar-refractivity contribution is -0.274. The number of methoxy groups -OCH3 is 1. The minimum atomic E-state index is -4.79. The second-order valence-corrected chi connectivity index (χ2v) is 5.10. The van der Waals surface area contributed by atoms with E-state index in [2.05, 4.69) is 25.4 Å². The number of carbonyl (C=O) groups is 1. The monoisotopic (exact) mass is 353 g/mol. The fourth-order valence-corrected chi connectivity index (χ4v) is 2.33. The molecule has 1 aliphatic heterocycles. The molecular formula is C12H11BrF3NO3. The summed E-state index contributed by atoms with van der Waals surface area (Å²) in [5.74, 6) is -0.822. The average molecular weight is 354 g/mol. The molecule has 0 saturated carbocycles. The SMILES string of the molecule is COC(=O)C1CCN1c1ccc(Br)cc1OC(F)(F)F. The number of carbonyl (C=O) groups excluding carboxylic acids is 1. The molecule has 1 aromatic carbocycles. The van der Waals surface area contributed by atoms with Gasteiger partial charge in [0, 0.05) is 11.0 Å². The standard InChI is InChI=1S/C12H11BrF3NO3/c1-19-11(18)9-4-5-17(9)8-3-2-7(13)6-10(8)20-12(14,15)16/h2-3,6,9H,4-5H2,1H3. The van der Waals surface area contributed by atoms with Crippen molar-refractivity contribution in [3.05, 3.63) is 22.7 Å². The first-order chi connectivity index (χ1) is 9.31. The normalized spacial score (nSPS) is 18.4. The molecule has 8 heteroatoms. The molecular weight excluding hydrogens is 343 g/mol. The molecule has 1 aliphatic rings. The van der Waals surface area contributed by atoms with E-state index < -0.39 is 18.4 Å². The Bertz CT molecular complexity index is 521. The summed E-state index contributed by atoms with van der Waals surface area (Å²) in [5.41, 5.74) is 0.215. The maximum absolute atomic E-state index is 12.4. The molecule has 1 heterocycles. The summed E-state index contributed by atoms with van der Waals surface area (Å²) >= 11 is 3.09. The number of nitrogens with zero attached hydrogens (tertiary/aromatic N) is 1. The third-order valence-corrected chi connectivity index (χ3v) is 3.44. The van der Waals surface area contributed by atoms with Crippen LogP contribution in [0, 0.1) is 0 Å². The van der Waals surface area contributed by atoms with Crippen molar-refractivity contribution in [1.29, 1.82) is 0 Å². The molecule has 2 rings (SSSR count). The van der Waals surface area contributed by atoms with Crippen molar-refractivity contribution in [2.75, 3.05) is 18.6 Å². The molecule has 0 bridgehead atoms. The molecule has 110 valence electrons. The number of ether oxygens (including phenoxy) is 2. The van der Waals surface area contributed by atoms with Crippen molar-refractivity contribution in [3.63, 3.8) is 0 Å². The largest absolute Gasteiger partial charge is 0.573 e. The van der Waals surface area contributed by atoms with Crippen LogP contribution in [0.1, 0.15) is 6.42 Å². The summed E-state index contributed by atoms with van der Waals surface area (Å²) < 4.78 is 46.3. The van der Waals surface area contributed by atoms with Gasteiger partial charge in [-0.15, -0.1) is 13.2 Å². The Labute approximate surface area is 121 Å². The number of hydrogen-bond donors (Lipinski definition) is 0. The fraction of sp³-hybridized carbons (Fsp3) is 0.417. The summed E-state index contributed by atoms with van der Waals surface area (Å²) in [6.45, 7) is 0.468. The van der Waals surface area contributed by atoms with Crippen LogP contribution in [0.15, 0.2) is 22.7 Å². The first-order valence-corrected chi connectivity index (χ1v) is 6.51. The molecule has 1 atom stereocenters. The van der Waals surface area contributed by atoms with E-state index >= 15 is 0 Å². The van der Waals surface area contributed by atoms with Crippen molar-refractivity contribution in [3.8, 4) is 5.75 Å². The van der Waals surface area contributed by atoms with Crippen molar-refractivity contribution in [1.82, 2.24) is 0 Å². The molecule has 0 radical (unpaired) electrons. The van der Waals surface area contributed by atoms with E-state index in [1.165, 1.54) is 24.1 Å². The van der Waals surface area contributed by atoms with Crippen molar-refractivity contribution in [2.24, 2.45) is 0 Å². The van der Waals surface area contributed by atoms with Crippen LogP contribution >= 0.6 is 15.9 Å². The molecule has 0 N–H and O–H groups in total. The van der Waals surface area contributed by atoms with Gasteiger partial charge in [0.05, 0.1) is 12.8 Å². The highest BCUT2D eigenvalue weighted by molar-refractivity contribution is 9.10. The Hall–Kier alpha value is -1.44. The Morgan fingerprint density at radius 2 is 2.15 bits per heavy atom. The van der Waals surface area contributed by atoms with Gasteiger partial charge in [0.1, 0.15) is 6.04 Å². The highest BCUT2D eigenvalue weighted by Gasteiger charge is 2.39. The van der Waals surface area contributed by atoms with Crippen LogP contribution in [-0.2, 0) is 9.53 Å². The quantitative estimate of drug-likeness (QED) is 0.782. The van der Waals surface area contributed by atoms with E-state index in [1.54, 1.807) is 6.07 Å². The summed E-state index contributed by atoms with van der Waals surface area (Å²) in [6.07, 6.45) is -4.25. The van der Waals surface area contributed by atoms with Crippen LogP contribution in [0.5, 0.6) is 5.75 Å². The second kappa shape index (κ2) is 5.51. The Kier molecular flexibility index (Phi) is 4.12. The van der Waals surface area contributed by atoms with Gasteiger partial charge in [0.25, 0.3) is 0 Å². The zero-order chi connectivity index (χ0) is 14.9. The van der Waals surface area contributed by atoms with Gasteiger partial charge in [-0.2, -0.15) is 0 Å². The number of anilines is 1. The molecule has 0 aliphatic carbocycles. The fourth-order valence-electron chi connectivity index (χ4n) is 1.99. The predicted octanol–water partition coefficient (Wildman–Crippen LogP) is 3.10. The molecule has 20 heavy (non-hydrogen) atoms. The van der Waals surface area contributed by atoms with E-state index in [0.29, 0.717) is 17.4 Å². The number of halogens is 4. The highest BCUT2D eigenvalue weighted by Crippen LogP contribution is 2.39. The lowest BCUT2D eigenvalue weighted by Crippen LogP contribution is -2.53. The zero-order valence-corrected chi connectivity index (χ0v) is 12.0. The van der Waals surface area contributed by atoms with E-state index in [1.807, 2.05) is 0 Å². The van der Waals surface area contributed by atoms with E-state index in [9.17, 15) is 18.0 Å². The Balaban J connectivity index is 2.29. The van der Waals surface area contributed by atoms with E-state index in [-0.39, 0.29) is 11.4 Å². The molecule has 1 aromatic rings. The van der Waals surface area contributed by atoms with E-state index in [0.717, 1.165) is 0 Å². The molecule has 1 fully saturated rings. The highest BCUT2D eigenvalue weighted by atomic mass is 79.9. The summed E-state index contributed by atoms with van der Waals surface area (Å²) in [7, 11) is 1.24. The third-order valence-electron chi connectivity index (χ3n) is 2.95. The Morgan fingerprint density at radius 1 is 1.45 bits per heavy atom. The maximum atomic E-state index is 12.4. The minimum Gasteiger partial charge on any atom is -0.467 e. The number of rotatable bonds is 3. The topological polar surface area (TPSA) is 38.8 Å². The summed E-state index contributed by atoms with van der Waals surface area (Å²) in [6, 6.07) is 3.71. The van der Waals surface area contributed by atoms with Crippen LogP contribution in [0.4, 0.5) is 18.9 Å². The maximum Gasteiger partial charge on any atom is 0.573 e. The molecule has 1 saturated heterocycles. The zero-order valence-electron chi connectivity index (χ0n) is 10.4.